The van der Waals surface area contributed by atoms with E-state index in [1.54, 1.807) is 7.11 Å². The van der Waals surface area contributed by atoms with E-state index in [0.717, 1.165) is 41.3 Å². The van der Waals surface area contributed by atoms with Crippen molar-refractivity contribution in [3.8, 4) is 5.75 Å². The van der Waals surface area contributed by atoms with Crippen LogP contribution in [-0.2, 0) is 4.79 Å². The molecule has 24 heavy (non-hydrogen) atoms. The SMILES string of the molecule is COc1cc2c(cc1NC(=O)CC1CCCN1)oc1ccccc12. The Kier molecular flexibility index (Phi) is 3.86. The number of anilines is 1. The number of carbonyl (C=O) groups excluding carboxylic acids is 1. The number of para-hydroxylation sites is 1. The van der Waals surface area contributed by atoms with Crippen LogP contribution in [0.2, 0.25) is 0 Å². The third-order valence-electron chi connectivity index (χ3n) is 4.57. The van der Waals surface area contributed by atoms with Crippen molar-refractivity contribution in [2.75, 3.05) is 19.0 Å². The first kappa shape index (κ1) is 15.0. The zero-order chi connectivity index (χ0) is 16.5. The highest BCUT2D eigenvalue weighted by molar-refractivity contribution is 6.07. The Labute approximate surface area is 140 Å². The van der Waals surface area contributed by atoms with Crippen molar-refractivity contribution in [1.29, 1.82) is 0 Å². The number of benzene rings is 2. The van der Waals surface area contributed by atoms with Gasteiger partial charge in [-0.05, 0) is 31.5 Å². The molecule has 124 valence electrons. The molecule has 0 aliphatic carbocycles. The van der Waals surface area contributed by atoms with E-state index in [4.69, 9.17) is 9.15 Å². The molecule has 0 bridgehead atoms. The average Bonchev–Trinajstić information content (AvgIpc) is 3.20. The molecule has 1 unspecified atom stereocenters. The average molecular weight is 324 g/mol. The number of nitrogens with one attached hydrogen (secondary N) is 2. The van der Waals surface area contributed by atoms with Gasteiger partial charge in [0.25, 0.3) is 0 Å². The number of methoxy groups -OCH3 is 1. The molecule has 1 saturated heterocycles. The highest BCUT2D eigenvalue weighted by atomic mass is 16.5. The van der Waals surface area contributed by atoms with Crippen molar-refractivity contribution in [3.05, 3.63) is 36.4 Å². The van der Waals surface area contributed by atoms with Gasteiger partial charge in [-0.15, -0.1) is 0 Å². The lowest BCUT2D eigenvalue weighted by atomic mass is 10.1. The molecule has 1 aliphatic rings. The van der Waals surface area contributed by atoms with Gasteiger partial charge in [-0.3, -0.25) is 4.79 Å². The van der Waals surface area contributed by atoms with E-state index in [0.29, 0.717) is 17.9 Å². The number of fused-ring (bicyclic) bond motifs is 3. The molecule has 3 aromatic rings. The van der Waals surface area contributed by atoms with Gasteiger partial charge in [-0.2, -0.15) is 0 Å². The molecular weight excluding hydrogens is 304 g/mol. The van der Waals surface area contributed by atoms with Crippen molar-refractivity contribution in [2.45, 2.75) is 25.3 Å². The van der Waals surface area contributed by atoms with Crippen LogP contribution in [0.4, 0.5) is 5.69 Å². The quantitative estimate of drug-likeness (QED) is 0.768. The smallest absolute Gasteiger partial charge is 0.226 e. The fourth-order valence-corrected chi connectivity index (χ4v) is 3.37. The maximum absolute atomic E-state index is 12.3. The van der Waals surface area contributed by atoms with Crippen LogP contribution in [0.25, 0.3) is 21.9 Å². The van der Waals surface area contributed by atoms with Crippen LogP contribution in [0.15, 0.2) is 40.8 Å². The zero-order valence-corrected chi connectivity index (χ0v) is 13.6. The van der Waals surface area contributed by atoms with Gasteiger partial charge in [0.05, 0.1) is 12.8 Å². The van der Waals surface area contributed by atoms with Crippen LogP contribution in [0.5, 0.6) is 5.75 Å². The summed E-state index contributed by atoms with van der Waals surface area (Å²) in [5.74, 6) is 0.630. The third kappa shape index (κ3) is 2.71. The van der Waals surface area contributed by atoms with E-state index >= 15 is 0 Å². The topological polar surface area (TPSA) is 63.5 Å². The second kappa shape index (κ2) is 6.17. The predicted molar refractivity (Wildman–Crippen MR) is 94.5 cm³/mol. The first-order valence-electron chi connectivity index (χ1n) is 8.27. The predicted octanol–water partition coefficient (Wildman–Crippen LogP) is 3.68. The summed E-state index contributed by atoms with van der Waals surface area (Å²) >= 11 is 0. The van der Waals surface area contributed by atoms with Crippen LogP contribution in [0.3, 0.4) is 0 Å². The van der Waals surface area contributed by atoms with E-state index in [2.05, 4.69) is 10.6 Å². The first-order valence-corrected chi connectivity index (χ1v) is 8.27. The van der Waals surface area contributed by atoms with Crippen molar-refractivity contribution >= 4 is 33.5 Å². The Morgan fingerprint density at radius 1 is 1.29 bits per heavy atom. The normalized spacial score (nSPS) is 17.5. The molecule has 1 fully saturated rings. The number of carbonyl (C=O) groups is 1. The van der Waals surface area contributed by atoms with Crippen molar-refractivity contribution in [1.82, 2.24) is 5.32 Å². The van der Waals surface area contributed by atoms with Gasteiger partial charge in [0.15, 0.2) is 0 Å². The Hall–Kier alpha value is -2.53. The Balaban J connectivity index is 1.66. The molecule has 1 aliphatic heterocycles. The molecule has 0 saturated carbocycles. The fourth-order valence-electron chi connectivity index (χ4n) is 3.37. The van der Waals surface area contributed by atoms with E-state index in [9.17, 15) is 4.79 Å². The lowest BCUT2D eigenvalue weighted by Gasteiger charge is -2.13. The molecule has 2 N–H and O–H groups in total. The zero-order valence-electron chi connectivity index (χ0n) is 13.6. The van der Waals surface area contributed by atoms with Gasteiger partial charge in [-0.25, -0.2) is 0 Å². The van der Waals surface area contributed by atoms with Crippen LogP contribution in [0, 0.1) is 0 Å². The minimum Gasteiger partial charge on any atom is -0.495 e. The van der Waals surface area contributed by atoms with Gasteiger partial charge < -0.3 is 19.8 Å². The molecule has 0 radical (unpaired) electrons. The number of hydrogen-bond donors (Lipinski definition) is 2. The Morgan fingerprint density at radius 3 is 2.96 bits per heavy atom. The monoisotopic (exact) mass is 324 g/mol. The van der Waals surface area contributed by atoms with E-state index in [1.165, 1.54) is 0 Å². The van der Waals surface area contributed by atoms with Gasteiger partial charge in [-0.1, -0.05) is 18.2 Å². The lowest BCUT2D eigenvalue weighted by molar-refractivity contribution is -0.116. The summed E-state index contributed by atoms with van der Waals surface area (Å²) in [7, 11) is 1.61. The molecule has 1 atom stereocenters. The molecule has 4 rings (SSSR count). The van der Waals surface area contributed by atoms with E-state index < -0.39 is 0 Å². The first-order chi connectivity index (χ1) is 11.7. The third-order valence-corrected chi connectivity index (χ3v) is 4.57. The summed E-state index contributed by atoms with van der Waals surface area (Å²) < 4.78 is 11.4. The minimum absolute atomic E-state index is 0.0110. The Morgan fingerprint density at radius 2 is 2.17 bits per heavy atom. The number of ether oxygens (including phenoxy) is 1. The van der Waals surface area contributed by atoms with Gasteiger partial charge in [0.1, 0.15) is 16.9 Å². The van der Waals surface area contributed by atoms with Gasteiger partial charge >= 0.3 is 0 Å². The van der Waals surface area contributed by atoms with E-state index in [-0.39, 0.29) is 11.9 Å². The van der Waals surface area contributed by atoms with Crippen LogP contribution >= 0.6 is 0 Å². The highest BCUT2D eigenvalue weighted by Gasteiger charge is 2.19. The maximum atomic E-state index is 12.3. The molecule has 2 aromatic carbocycles. The summed E-state index contributed by atoms with van der Waals surface area (Å²) in [6.07, 6.45) is 2.65. The van der Waals surface area contributed by atoms with E-state index in [1.807, 2.05) is 36.4 Å². The number of rotatable bonds is 4. The molecule has 0 spiro atoms. The lowest BCUT2D eigenvalue weighted by Crippen LogP contribution is -2.27. The second-order valence-electron chi connectivity index (χ2n) is 6.19. The summed E-state index contributed by atoms with van der Waals surface area (Å²) in [5.41, 5.74) is 2.21. The van der Waals surface area contributed by atoms with Crippen molar-refractivity contribution < 1.29 is 13.9 Å². The molecule has 5 nitrogen and oxygen atoms in total. The summed E-state index contributed by atoms with van der Waals surface area (Å²) in [6, 6.07) is 11.9. The fraction of sp³-hybridized carbons (Fsp3) is 0.316. The number of furan rings is 1. The van der Waals surface area contributed by atoms with Crippen LogP contribution in [0.1, 0.15) is 19.3 Å². The highest BCUT2D eigenvalue weighted by Crippen LogP contribution is 2.36. The Bertz CT molecular complexity index is 894. The second-order valence-corrected chi connectivity index (χ2v) is 6.19. The van der Waals surface area contributed by atoms with Gasteiger partial charge in [0.2, 0.25) is 5.91 Å². The molecular formula is C19H20N2O3. The van der Waals surface area contributed by atoms with Crippen molar-refractivity contribution in [2.24, 2.45) is 0 Å². The largest absolute Gasteiger partial charge is 0.495 e. The molecule has 2 heterocycles. The van der Waals surface area contributed by atoms with Gasteiger partial charge in [0, 0.05) is 29.3 Å². The number of hydrogen-bond acceptors (Lipinski definition) is 4. The van der Waals surface area contributed by atoms with Crippen LogP contribution in [-0.4, -0.2) is 25.6 Å². The number of amides is 1. The minimum atomic E-state index is -0.0110. The standard InChI is InChI=1S/C19H20N2O3/c1-23-18-10-14-13-6-2-3-7-16(13)24-17(14)11-15(18)21-19(22)9-12-5-4-8-20-12/h2-3,6-7,10-12,20H,4-5,8-9H2,1H3,(H,21,22). The summed E-state index contributed by atoms with van der Waals surface area (Å²) in [4.78, 5) is 12.3. The van der Waals surface area contributed by atoms with Crippen molar-refractivity contribution in [3.63, 3.8) is 0 Å². The van der Waals surface area contributed by atoms with Crippen LogP contribution < -0.4 is 15.4 Å². The molecule has 5 heteroatoms. The molecule has 1 aromatic heterocycles. The maximum Gasteiger partial charge on any atom is 0.226 e. The molecule has 1 amide bonds. The summed E-state index contributed by atoms with van der Waals surface area (Å²) in [6.45, 7) is 0.992. The summed E-state index contributed by atoms with van der Waals surface area (Å²) in [5, 5.41) is 8.32.